The SMILES string of the molecule is CCOc1ccc(OCC(O)CN2CCN(C(=O)C3CCCC3)CC2)cc1. The molecule has 1 heterocycles. The van der Waals surface area contributed by atoms with Crippen LogP contribution >= 0.6 is 0 Å². The molecular weight excluding hydrogens is 344 g/mol. The molecule has 150 valence electrons. The molecule has 1 aromatic rings. The lowest BCUT2D eigenvalue weighted by atomic mass is 10.1. The number of β-amino-alcohol motifs (C(OH)–C–C–N with tert-alkyl or cyclic N) is 1. The first-order valence-corrected chi connectivity index (χ1v) is 10.2. The van der Waals surface area contributed by atoms with E-state index < -0.39 is 6.10 Å². The van der Waals surface area contributed by atoms with Gasteiger partial charge in [0.1, 0.15) is 24.2 Å². The van der Waals surface area contributed by atoms with Crippen molar-refractivity contribution in [2.75, 3.05) is 45.9 Å². The molecule has 0 spiro atoms. The first-order valence-electron chi connectivity index (χ1n) is 10.2. The van der Waals surface area contributed by atoms with Crippen molar-refractivity contribution >= 4 is 5.91 Å². The van der Waals surface area contributed by atoms with Gasteiger partial charge in [0.05, 0.1) is 6.61 Å². The molecule has 0 bridgehead atoms. The molecule has 3 rings (SSSR count). The van der Waals surface area contributed by atoms with E-state index >= 15 is 0 Å². The Morgan fingerprint density at radius 3 is 2.26 bits per heavy atom. The van der Waals surface area contributed by atoms with E-state index in [2.05, 4.69) is 4.90 Å². The van der Waals surface area contributed by atoms with Crippen LogP contribution in [0.1, 0.15) is 32.6 Å². The molecule has 0 aromatic heterocycles. The van der Waals surface area contributed by atoms with Crippen LogP contribution in [0.3, 0.4) is 0 Å². The Labute approximate surface area is 162 Å². The molecule has 1 aliphatic carbocycles. The van der Waals surface area contributed by atoms with Gasteiger partial charge < -0.3 is 19.5 Å². The Bertz CT molecular complexity index is 578. The summed E-state index contributed by atoms with van der Waals surface area (Å²) in [5.74, 6) is 2.14. The number of rotatable bonds is 8. The van der Waals surface area contributed by atoms with Crippen LogP contribution in [0.2, 0.25) is 0 Å². The highest BCUT2D eigenvalue weighted by Gasteiger charge is 2.29. The number of carbonyl (C=O) groups excluding carboxylic acids is 1. The maximum absolute atomic E-state index is 12.5. The van der Waals surface area contributed by atoms with E-state index in [0.29, 0.717) is 19.1 Å². The third-order valence-corrected chi connectivity index (χ3v) is 5.43. The number of piperazine rings is 1. The summed E-state index contributed by atoms with van der Waals surface area (Å²) in [6.45, 7) is 6.59. The Balaban J connectivity index is 1.35. The van der Waals surface area contributed by atoms with Gasteiger partial charge >= 0.3 is 0 Å². The fourth-order valence-corrected chi connectivity index (χ4v) is 3.92. The average Bonchev–Trinajstić information content (AvgIpc) is 3.23. The number of benzene rings is 1. The number of amides is 1. The van der Waals surface area contributed by atoms with Crippen molar-refractivity contribution in [1.29, 1.82) is 0 Å². The minimum Gasteiger partial charge on any atom is -0.494 e. The Hall–Kier alpha value is -1.79. The van der Waals surface area contributed by atoms with Crippen LogP contribution in [0.5, 0.6) is 11.5 Å². The van der Waals surface area contributed by atoms with Crippen molar-refractivity contribution in [2.24, 2.45) is 5.92 Å². The number of aliphatic hydroxyl groups is 1. The number of aliphatic hydroxyl groups excluding tert-OH is 1. The predicted octanol–water partition coefficient (Wildman–Crippen LogP) is 2.16. The fraction of sp³-hybridized carbons (Fsp3) is 0.667. The van der Waals surface area contributed by atoms with E-state index in [-0.39, 0.29) is 12.5 Å². The monoisotopic (exact) mass is 376 g/mol. The molecule has 27 heavy (non-hydrogen) atoms. The summed E-state index contributed by atoms with van der Waals surface area (Å²) >= 11 is 0. The molecule has 1 saturated heterocycles. The molecule has 6 nitrogen and oxygen atoms in total. The highest BCUT2D eigenvalue weighted by atomic mass is 16.5. The Morgan fingerprint density at radius 1 is 1.07 bits per heavy atom. The van der Waals surface area contributed by atoms with Crippen LogP contribution in [0.15, 0.2) is 24.3 Å². The van der Waals surface area contributed by atoms with Gasteiger partial charge in [0.25, 0.3) is 0 Å². The summed E-state index contributed by atoms with van der Waals surface area (Å²) in [6, 6.07) is 7.44. The molecule has 2 aliphatic rings. The topological polar surface area (TPSA) is 62.2 Å². The fourth-order valence-electron chi connectivity index (χ4n) is 3.92. The Morgan fingerprint density at radius 2 is 1.67 bits per heavy atom. The van der Waals surface area contributed by atoms with Crippen LogP contribution in [0.25, 0.3) is 0 Å². The minimum absolute atomic E-state index is 0.254. The Kier molecular flexibility index (Phi) is 7.35. The van der Waals surface area contributed by atoms with E-state index in [9.17, 15) is 9.90 Å². The smallest absolute Gasteiger partial charge is 0.225 e. The minimum atomic E-state index is -0.548. The second-order valence-corrected chi connectivity index (χ2v) is 7.48. The lowest BCUT2D eigenvalue weighted by Gasteiger charge is -2.36. The summed E-state index contributed by atoms with van der Waals surface area (Å²) in [4.78, 5) is 16.7. The van der Waals surface area contributed by atoms with E-state index in [0.717, 1.165) is 50.5 Å². The van der Waals surface area contributed by atoms with E-state index in [1.54, 1.807) is 0 Å². The highest BCUT2D eigenvalue weighted by Crippen LogP contribution is 2.27. The van der Waals surface area contributed by atoms with Gasteiger partial charge in [-0.1, -0.05) is 12.8 Å². The number of nitrogens with zero attached hydrogens (tertiary/aromatic N) is 2. The first-order chi connectivity index (χ1) is 13.2. The quantitative estimate of drug-likeness (QED) is 0.753. The van der Waals surface area contributed by atoms with Gasteiger partial charge in [0.2, 0.25) is 5.91 Å². The zero-order valence-corrected chi connectivity index (χ0v) is 16.3. The second-order valence-electron chi connectivity index (χ2n) is 7.48. The van der Waals surface area contributed by atoms with Crippen LogP contribution in [-0.4, -0.2) is 72.9 Å². The lowest BCUT2D eigenvalue weighted by molar-refractivity contribution is -0.137. The van der Waals surface area contributed by atoms with E-state index in [1.165, 1.54) is 12.8 Å². The van der Waals surface area contributed by atoms with Crippen molar-refractivity contribution in [3.8, 4) is 11.5 Å². The van der Waals surface area contributed by atoms with Crippen molar-refractivity contribution in [3.05, 3.63) is 24.3 Å². The van der Waals surface area contributed by atoms with Gasteiger partial charge in [-0.25, -0.2) is 0 Å². The summed E-state index contributed by atoms with van der Waals surface area (Å²) in [6.07, 6.45) is 3.95. The molecule has 6 heteroatoms. The van der Waals surface area contributed by atoms with Gasteiger partial charge in [-0.15, -0.1) is 0 Å². The van der Waals surface area contributed by atoms with Crippen LogP contribution < -0.4 is 9.47 Å². The molecule has 1 atom stereocenters. The van der Waals surface area contributed by atoms with Crippen LogP contribution in [0, 0.1) is 5.92 Å². The van der Waals surface area contributed by atoms with Crippen LogP contribution in [0.4, 0.5) is 0 Å². The summed E-state index contributed by atoms with van der Waals surface area (Å²) in [7, 11) is 0. The summed E-state index contributed by atoms with van der Waals surface area (Å²) < 4.78 is 11.1. The predicted molar refractivity (Wildman–Crippen MR) is 104 cm³/mol. The lowest BCUT2D eigenvalue weighted by Crippen LogP contribution is -2.52. The molecule has 1 aromatic carbocycles. The number of hydrogen-bond acceptors (Lipinski definition) is 5. The third kappa shape index (κ3) is 5.84. The zero-order valence-electron chi connectivity index (χ0n) is 16.3. The normalized spacial score (nSPS) is 19.9. The maximum Gasteiger partial charge on any atom is 0.225 e. The summed E-state index contributed by atoms with van der Waals surface area (Å²) in [5, 5.41) is 10.3. The highest BCUT2D eigenvalue weighted by molar-refractivity contribution is 5.79. The third-order valence-electron chi connectivity index (χ3n) is 5.43. The maximum atomic E-state index is 12.5. The first kappa shape index (κ1) is 20.0. The molecule has 1 unspecified atom stereocenters. The number of ether oxygens (including phenoxy) is 2. The van der Waals surface area contributed by atoms with Gasteiger partial charge in [0, 0.05) is 38.6 Å². The van der Waals surface area contributed by atoms with Gasteiger partial charge in [-0.05, 0) is 44.0 Å². The van der Waals surface area contributed by atoms with E-state index in [1.807, 2.05) is 36.1 Å². The number of hydrogen-bond donors (Lipinski definition) is 1. The largest absolute Gasteiger partial charge is 0.494 e. The molecule has 1 aliphatic heterocycles. The van der Waals surface area contributed by atoms with E-state index in [4.69, 9.17) is 9.47 Å². The summed E-state index contributed by atoms with van der Waals surface area (Å²) in [5.41, 5.74) is 0. The van der Waals surface area contributed by atoms with Crippen molar-refractivity contribution in [3.63, 3.8) is 0 Å². The molecule has 2 fully saturated rings. The molecule has 1 N–H and O–H groups in total. The van der Waals surface area contributed by atoms with Gasteiger partial charge in [-0.2, -0.15) is 0 Å². The van der Waals surface area contributed by atoms with Crippen molar-refractivity contribution in [1.82, 2.24) is 9.80 Å². The van der Waals surface area contributed by atoms with Gasteiger partial charge in [0.15, 0.2) is 0 Å². The van der Waals surface area contributed by atoms with Crippen molar-refractivity contribution < 1.29 is 19.4 Å². The van der Waals surface area contributed by atoms with Crippen LogP contribution in [-0.2, 0) is 4.79 Å². The second kappa shape index (κ2) is 9.95. The van der Waals surface area contributed by atoms with Gasteiger partial charge in [-0.3, -0.25) is 9.69 Å². The molecule has 0 radical (unpaired) electrons. The molecule has 1 amide bonds. The standard InChI is InChI=1S/C21H32N2O4/c1-2-26-19-7-9-20(10-8-19)27-16-18(24)15-22-11-13-23(14-12-22)21(25)17-5-3-4-6-17/h7-10,17-18,24H,2-6,11-16H2,1H3. The molecule has 1 saturated carbocycles. The average molecular weight is 376 g/mol. The molecular formula is C21H32N2O4. The number of carbonyl (C=O) groups is 1. The van der Waals surface area contributed by atoms with Crippen molar-refractivity contribution in [2.45, 2.75) is 38.7 Å². The zero-order chi connectivity index (χ0) is 19.1.